The van der Waals surface area contributed by atoms with E-state index in [1.165, 1.54) is 28.0 Å². The Hall–Kier alpha value is -4.34. The highest BCUT2D eigenvalue weighted by atomic mass is 16.6. The Labute approximate surface area is 212 Å². The van der Waals surface area contributed by atoms with E-state index < -0.39 is 16.8 Å². The van der Waals surface area contributed by atoms with Gasteiger partial charge in [0.15, 0.2) is 0 Å². The molecule has 2 aromatic carbocycles. The summed E-state index contributed by atoms with van der Waals surface area (Å²) in [4.78, 5) is 64.4. The van der Waals surface area contributed by atoms with Crippen LogP contribution >= 0.6 is 0 Å². The van der Waals surface area contributed by atoms with Gasteiger partial charge < -0.3 is 9.64 Å². The van der Waals surface area contributed by atoms with Crippen LogP contribution in [0.25, 0.3) is 0 Å². The summed E-state index contributed by atoms with van der Waals surface area (Å²) >= 11 is 0. The average molecular weight is 504 g/mol. The first-order valence-electron chi connectivity index (χ1n) is 12.0. The van der Waals surface area contributed by atoms with E-state index in [4.69, 9.17) is 4.74 Å². The average Bonchev–Trinajstić information content (AvgIpc) is 3.37. The Bertz CT molecular complexity index is 1360. The van der Waals surface area contributed by atoms with E-state index in [-0.39, 0.29) is 54.0 Å². The molecule has 37 heavy (non-hydrogen) atoms. The summed E-state index contributed by atoms with van der Waals surface area (Å²) in [5.41, 5.74) is 2.26. The maximum absolute atomic E-state index is 12.9. The number of fused-ring (bicyclic) bond motifs is 1. The largest absolute Gasteiger partial charge is 0.426 e. The van der Waals surface area contributed by atoms with Gasteiger partial charge in [-0.25, -0.2) is 0 Å². The standard InChI is InChI=1S/C27H25N3O7/c1-15-3-10-21-22(11-15)26(33)29(25(21)32)18-6-8-20(9-7-18)37-27(34)17-12-24(31)28(14-17)19-5-4-16(2)23(13-19)30(35)36/h3-9,13,17,21-22H,10-12,14H2,1-2H3/t17-,21+,22-/m1/s1. The summed E-state index contributed by atoms with van der Waals surface area (Å²) in [6.45, 7) is 3.62. The fourth-order valence-electron chi connectivity index (χ4n) is 5.23. The maximum Gasteiger partial charge on any atom is 0.316 e. The van der Waals surface area contributed by atoms with Gasteiger partial charge in [0.25, 0.3) is 5.69 Å². The molecule has 0 bridgehead atoms. The van der Waals surface area contributed by atoms with Gasteiger partial charge in [0.2, 0.25) is 17.7 Å². The summed E-state index contributed by atoms with van der Waals surface area (Å²) in [6, 6.07) is 10.7. The van der Waals surface area contributed by atoms with Crippen molar-refractivity contribution >= 4 is 40.8 Å². The number of amides is 3. The lowest BCUT2D eigenvalue weighted by molar-refractivity contribution is -0.385. The van der Waals surface area contributed by atoms with E-state index in [1.54, 1.807) is 31.2 Å². The van der Waals surface area contributed by atoms with Gasteiger partial charge in [-0.05, 0) is 57.0 Å². The van der Waals surface area contributed by atoms with Crippen molar-refractivity contribution in [2.24, 2.45) is 17.8 Å². The van der Waals surface area contributed by atoms with E-state index in [2.05, 4.69) is 0 Å². The summed E-state index contributed by atoms with van der Waals surface area (Å²) < 4.78 is 5.47. The van der Waals surface area contributed by atoms with Crippen molar-refractivity contribution in [2.75, 3.05) is 16.3 Å². The number of nitrogens with zero attached hydrogens (tertiary/aromatic N) is 3. The third-order valence-corrected chi connectivity index (χ3v) is 7.30. The van der Waals surface area contributed by atoms with Crippen molar-refractivity contribution in [3.63, 3.8) is 0 Å². The number of hydrogen-bond acceptors (Lipinski definition) is 7. The Morgan fingerprint density at radius 1 is 0.973 bits per heavy atom. The number of anilines is 2. The highest BCUT2D eigenvalue weighted by molar-refractivity contribution is 6.22. The van der Waals surface area contributed by atoms with Gasteiger partial charge in [0, 0.05) is 24.6 Å². The zero-order valence-electron chi connectivity index (χ0n) is 20.4. The van der Waals surface area contributed by atoms with Crippen molar-refractivity contribution in [1.82, 2.24) is 0 Å². The second-order valence-corrected chi connectivity index (χ2v) is 9.76. The molecule has 0 aromatic heterocycles. The highest BCUT2D eigenvalue weighted by Gasteiger charge is 2.48. The van der Waals surface area contributed by atoms with Gasteiger partial charge in [0.05, 0.1) is 34.1 Å². The highest BCUT2D eigenvalue weighted by Crippen LogP contribution is 2.40. The van der Waals surface area contributed by atoms with E-state index in [0.29, 0.717) is 29.8 Å². The Morgan fingerprint density at radius 3 is 2.35 bits per heavy atom. The fraction of sp³-hybridized carbons (Fsp3) is 0.333. The molecule has 1 aliphatic carbocycles. The molecular weight excluding hydrogens is 478 g/mol. The first kappa shape index (κ1) is 24.4. The van der Waals surface area contributed by atoms with Gasteiger partial charge in [0.1, 0.15) is 5.75 Å². The van der Waals surface area contributed by atoms with E-state index >= 15 is 0 Å². The molecule has 2 aliphatic heterocycles. The van der Waals surface area contributed by atoms with Crippen LogP contribution in [0.2, 0.25) is 0 Å². The molecule has 2 saturated heterocycles. The molecule has 0 N–H and O–H groups in total. The molecule has 3 aliphatic rings. The number of nitro benzene ring substituents is 1. The normalized spacial score (nSPS) is 23.2. The molecule has 2 fully saturated rings. The first-order valence-corrected chi connectivity index (χ1v) is 12.0. The lowest BCUT2D eigenvalue weighted by Crippen LogP contribution is -2.30. The van der Waals surface area contributed by atoms with E-state index in [0.717, 1.165) is 5.57 Å². The van der Waals surface area contributed by atoms with Gasteiger partial charge in [-0.2, -0.15) is 0 Å². The minimum Gasteiger partial charge on any atom is -0.426 e. The summed E-state index contributed by atoms with van der Waals surface area (Å²) in [7, 11) is 0. The van der Waals surface area contributed by atoms with Crippen LogP contribution in [0.5, 0.6) is 5.75 Å². The molecule has 0 unspecified atom stereocenters. The van der Waals surface area contributed by atoms with E-state index in [1.807, 2.05) is 13.0 Å². The lowest BCUT2D eigenvalue weighted by atomic mass is 9.82. The SMILES string of the molecule is CC1=CC[C@@H]2C(=O)N(c3ccc(OC(=O)[C@@H]4CC(=O)N(c5ccc(C)c([N+](=O)[O-])c5)C4)cc3)C(=O)[C@@H]2C1. The quantitative estimate of drug-likeness (QED) is 0.152. The van der Waals surface area contributed by atoms with Crippen LogP contribution in [0.3, 0.4) is 0 Å². The smallest absolute Gasteiger partial charge is 0.316 e. The van der Waals surface area contributed by atoms with Crippen LogP contribution in [-0.4, -0.2) is 35.2 Å². The number of allylic oxidation sites excluding steroid dienone is 2. The zero-order valence-corrected chi connectivity index (χ0v) is 20.4. The van der Waals surface area contributed by atoms with Crippen molar-refractivity contribution in [1.29, 1.82) is 0 Å². The maximum atomic E-state index is 12.9. The predicted octanol–water partition coefficient (Wildman–Crippen LogP) is 3.71. The van der Waals surface area contributed by atoms with Gasteiger partial charge in [-0.1, -0.05) is 17.7 Å². The number of imide groups is 1. The summed E-state index contributed by atoms with van der Waals surface area (Å²) in [5, 5.41) is 11.3. The van der Waals surface area contributed by atoms with Crippen molar-refractivity contribution in [2.45, 2.75) is 33.1 Å². The number of rotatable bonds is 5. The monoisotopic (exact) mass is 503 g/mol. The summed E-state index contributed by atoms with van der Waals surface area (Å²) in [6.07, 6.45) is 3.06. The second-order valence-electron chi connectivity index (χ2n) is 9.76. The Kier molecular flexibility index (Phi) is 6.10. The molecule has 3 atom stereocenters. The molecule has 10 heteroatoms. The Morgan fingerprint density at radius 2 is 1.65 bits per heavy atom. The third kappa shape index (κ3) is 4.39. The van der Waals surface area contributed by atoms with Crippen LogP contribution in [0.1, 0.15) is 31.7 Å². The van der Waals surface area contributed by atoms with Crippen LogP contribution < -0.4 is 14.5 Å². The van der Waals surface area contributed by atoms with Crippen LogP contribution in [-0.2, 0) is 19.2 Å². The van der Waals surface area contributed by atoms with Crippen LogP contribution in [0.15, 0.2) is 54.1 Å². The van der Waals surface area contributed by atoms with Crippen molar-refractivity contribution in [3.05, 3.63) is 69.8 Å². The second kappa shape index (κ2) is 9.27. The molecule has 2 heterocycles. The molecular formula is C27H25N3O7. The van der Waals surface area contributed by atoms with Crippen LogP contribution in [0, 0.1) is 34.8 Å². The predicted molar refractivity (Wildman–Crippen MR) is 133 cm³/mol. The lowest BCUT2D eigenvalue weighted by Gasteiger charge is -2.18. The van der Waals surface area contributed by atoms with Gasteiger partial charge in [-0.15, -0.1) is 0 Å². The molecule has 10 nitrogen and oxygen atoms in total. The summed E-state index contributed by atoms with van der Waals surface area (Å²) in [5.74, 6) is -2.57. The van der Waals surface area contributed by atoms with Crippen molar-refractivity contribution < 1.29 is 28.8 Å². The van der Waals surface area contributed by atoms with Crippen molar-refractivity contribution in [3.8, 4) is 5.75 Å². The first-order chi connectivity index (χ1) is 17.6. The fourth-order valence-corrected chi connectivity index (χ4v) is 5.23. The molecule has 5 rings (SSSR count). The number of benzene rings is 2. The molecule has 0 saturated carbocycles. The number of nitro groups is 1. The number of carbonyl (C=O) groups is 4. The van der Waals surface area contributed by atoms with E-state index in [9.17, 15) is 29.3 Å². The minimum atomic E-state index is -0.742. The molecule has 2 aromatic rings. The number of hydrogen-bond donors (Lipinski definition) is 0. The molecule has 0 radical (unpaired) electrons. The van der Waals surface area contributed by atoms with Gasteiger partial charge >= 0.3 is 5.97 Å². The molecule has 3 amide bonds. The van der Waals surface area contributed by atoms with Gasteiger partial charge in [-0.3, -0.25) is 34.2 Å². The number of esters is 1. The molecule has 0 spiro atoms. The number of carbonyl (C=O) groups excluding carboxylic acids is 4. The van der Waals surface area contributed by atoms with Crippen LogP contribution in [0.4, 0.5) is 17.1 Å². The minimum absolute atomic E-state index is 0.0446. The number of aryl methyl sites for hydroxylation is 1. The number of ether oxygens (including phenoxy) is 1. The third-order valence-electron chi connectivity index (χ3n) is 7.30. The zero-order chi connectivity index (χ0) is 26.4. The topological polar surface area (TPSA) is 127 Å². The Balaban J connectivity index is 1.25. The molecule has 190 valence electrons.